The lowest BCUT2D eigenvalue weighted by Crippen LogP contribution is -2.11. The maximum absolute atomic E-state index is 5.57. The number of ether oxygens (including phenoxy) is 1. The first kappa shape index (κ1) is 11.9. The molecule has 1 heterocycles. The van der Waals surface area contributed by atoms with Gasteiger partial charge in [0.15, 0.2) is 0 Å². The van der Waals surface area contributed by atoms with Crippen molar-refractivity contribution in [1.29, 1.82) is 0 Å². The van der Waals surface area contributed by atoms with Crippen LogP contribution in [0.4, 0.5) is 5.82 Å². The van der Waals surface area contributed by atoms with Gasteiger partial charge in [-0.2, -0.15) is 4.98 Å². The summed E-state index contributed by atoms with van der Waals surface area (Å²) in [6.07, 6.45) is 6.08. The smallest absolute Gasteiger partial charge is 0.218 e. The zero-order valence-electron chi connectivity index (χ0n) is 9.85. The highest BCUT2D eigenvalue weighted by atomic mass is 16.5. The first-order valence-electron chi connectivity index (χ1n) is 5.92. The minimum absolute atomic E-state index is 0.485. The Balaban J connectivity index is 1.99. The number of hydrogen-bond acceptors (Lipinski definition) is 5. The standard InChI is InChI=1S/C12H18N4O/c1-2-3-4-7-17-11-8-10(16-13)14-12(15-11)9-5-6-9/h2,8-9H,1,3-7,13H2,(H,14,15,16). The fourth-order valence-electron chi connectivity index (χ4n) is 1.52. The highest BCUT2D eigenvalue weighted by Gasteiger charge is 2.27. The van der Waals surface area contributed by atoms with E-state index >= 15 is 0 Å². The van der Waals surface area contributed by atoms with E-state index in [0.717, 1.165) is 31.5 Å². The molecule has 5 nitrogen and oxygen atoms in total. The number of nitrogens with one attached hydrogen (secondary N) is 1. The molecule has 1 aliphatic carbocycles. The second kappa shape index (κ2) is 5.63. The second-order valence-corrected chi connectivity index (χ2v) is 4.15. The number of aromatic nitrogens is 2. The lowest BCUT2D eigenvalue weighted by molar-refractivity contribution is 0.299. The number of allylic oxidation sites excluding steroid dienone is 1. The summed E-state index contributed by atoms with van der Waals surface area (Å²) in [7, 11) is 0. The third-order valence-corrected chi connectivity index (χ3v) is 2.61. The molecular formula is C12H18N4O. The summed E-state index contributed by atoms with van der Waals surface area (Å²) in [5.41, 5.74) is 2.54. The zero-order chi connectivity index (χ0) is 12.1. The molecule has 0 aliphatic heterocycles. The lowest BCUT2D eigenvalue weighted by atomic mass is 10.3. The van der Waals surface area contributed by atoms with Gasteiger partial charge in [0.2, 0.25) is 5.88 Å². The van der Waals surface area contributed by atoms with Crippen molar-refractivity contribution in [2.24, 2.45) is 5.84 Å². The number of hydrogen-bond donors (Lipinski definition) is 2. The monoisotopic (exact) mass is 234 g/mol. The molecule has 0 radical (unpaired) electrons. The van der Waals surface area contributed by atoms with Gasteiger partial charge in [-0.3, -0.25) is 0 Å². The fourth-order valence-corrected chi connectivity index (χ4v) is 1.52. The predicted molar refractivity (Wildman–Crippen MR) is 66.7 cm³/mol. The summed E-state index contributed by atoms with van der Waals surface area (Å²) >= 11 is 0. The lowest BCUT2D eigenvalue weighted by Gasteiger charge is -2.08. The van der Waals surface area contributed by atoms with Crippen molar-refractivity contribution in [1.82, 2.24) is 9.97 Å². The van der Waals surface area contributed by atoms with Crippen LogP contribution in [0.15, 0.2) is 18.7 Å². The Morgan fingerprint density at radius 1 is 1.53 bits per heavy atom. The first-order chi connectivity index (χ1) is 8.33. The molecule has 1 aromatic rings. The first-order valence-corrected chi connectivity index (χ1v) is 5.92. The van der Waals surface area contributed by atoms with Crippen molar-refractivity contribution >= 4 is 5.82 Å². The average Bonchev–Trinajstić information content (AvgIpc) is 3.18. The molecule has 1 saturated carbocycles. The van der Waals surface area contributed by atoms with Crippen molar-refractivity contribution < 1.29 is 4.74 Å². The van der Waals surface area contributed by atoms with E-state index < -0.39 is 0 Å². The molecule has 2 rings (SSSR count). The topological polar surface area (TPSA) is 73.1 Å². The minimum Gasteiger partial charge on any atom is -0.478 e. The Labute approximate surface area is 101 Å². The van der Waals surface area contributed by atoms with Crippen LogP contribution in [0.3, 0.4) is 0 Å². The maximum Gasteiger partial charge on any atom is 0.218 e. The van der Waals surface area contributed by atoms with Crippen LogP contribution >= 0.6 is 0 Å². The SMILES string of the molecule is C=CCCCOc1cc(NN)nc(C2CC2)n1. The van der Waals surface area contributed by atoms with Gasteiger partial charge in [0.1, 0.15) is 11.6 Å². The molecule has 1 fully saturated rings. The molecular weight excluding hydrogens is 216 g/mol. The number of nitrogens with zero attached hydrogens (tertiary/aromatic N) is 2. The largest absolute Gasteiger partial charge is 0.478 e. The third kappa shape index (κ3) is 3.42. The molecule has 0 aromatic carbocycles. The fraction of sp³-hybridized carbons (Fsp3) is 0.500. The van der Waals surface area contributed by atoms with Crippen LogP contribution in [0.5, 0.6) is 5.88 Å². The maximum atomic E-state index is 5.57. The van der Waals surface area contributed by atoms with E-state index in [9.17, 15) is 0 Å². The normalized spacial score (nSPS) is 14.4. The van der Waals surface area contributed by atoms with Crippen LogP contribution in [0, 0.1) is 0 Å². The van der Waals surface area contributed by atoms with Crippen LogP contribution < -0.4 is 16.0 Å². The van der Waals surface area contributed by atoms with Gasteiger partial charge in [0.25, 0.3) is 0 Å². The molecule has 1 aliphatic rings. The van der Waals surface area contributed by atoms with Crippen molar-refractivity contribution in [3.63, 3.8) is 0 Å². The third-order valence-electron chi connectivity index (χ3n) is 2.61. The Bertz CT molecular complexity index is 390. The molecule has 92 valence electrons. The Hall–Kier alpha value is -1.62. The van der Waals surface area contributed by atoms with Gasteiger partial charge < -0.3 is 10.2 Å². The zero-order valence-corrected chi connectivity index (χ0v) is 9.85. The summed E-state index contributed by atoms with van der Waals surface area (Å²) in [6, 6.07) is 1.72. The van der Waals surface area contributed by atoms with Gasteiger partial charge in [-0.25, -0.2) is 10.8 Å². The highest BCUT2D eigenvalue weighted by Crippen LogP contribution is 2.38. The number of anilines is 1. The number of hydrazine groups is 1. The van der Waals surface area contributed by atoms with Gasteiger partial charge >= 0.3 is 0 Å². The van der Waals surface area contributed by atoms with Crippen molar-refractivity contribution in [2.45, 2.75) is 31.6 Å². The second-order valence-electron chi connectivity index (χ2n) is 4.15. The Morgan fingerprint density at radius 2 is 2.35 bits per heavy atom. The molecule has 0 bridgehead atoms. The molecule has 0 amide bonds. The summed E-state index contributed by atoms with van der Waals surface area (Å²) < 4.78 is 5.57. The van der Waals surface area contributed by atoms with Gasteiger partial charge in [0, 0.05) is 12.0 Å². The van der Waals surface area contributed by atoms with E-state index in [1.54, 1.807) is 6.07 Å². The number of nitrogen functional groups attached to an aromatic ring is 1. The molecule has 3 N–H and O–H groups in total. The van der Waals surface area contributed by atoms with Gasteiger partial charge in [-0.15, -0.1) is 6.58 Å². The molecule has 1 aromatic heterocycles. The predicted octanol–water partition coefficient (Wildman–Crippen LogP) is 1.98. The van der Waals surface area contributed by atoms with Crippen LogP contribution in [0.2, 0.25) is 0 Å². The van der Waals surface area contributed by atoms with E-state index in [0.29, 0.717) is 24.2 Å². The van der Waals surface area contributed by atoms with Crippen molar-refractivity contribution in [3.8, 4) is 5.88 Å². The van der Waals surface area contributed by atoms with E-state index in [-0.39, 0.29) is 0 Å². The van der Waals surface area contributed by atoms with Crippen LogP contribution in [0.25, 0.3) is 0 Å². The minimum atomic E-state index is 0.485. The number of rotatable bonds is 7. The van der Waals surface area contributed by atoms with Gasteiger partial charge in [-0.05, 0) is 25.7 Å². The molecule has 0 atom stereocenters. The van der Waals surface area contributed by atoms with Crippen LogP contribution in [0.1, 0.15) is 37.4 Å². The molecule has 0 saturated heterocycles. The summed E-state index contributed by atoms with van der Waals surface area (Å²) in [5, 5.41) is 0. The van der Waals surface area contributed by atoms with Gasteiger partial charge in [-0.1, -0.05) is 6.08 Å². The van der Waals surface area contributed by atoms with Gasteiger partial charge in [0.05, 0.1) is 6.61 Å². The highest BCUT2D eigenvalue weighted by molar-refractivity contribution is 5.38. The summed E-state index contributed by atoms with van der Waals surface area (Å²) in [6.45, 7) is 4.31. The Morgan fingerprint density at radius 3 is 3.00 bits per heavy atom. The van der Waals surface area contributed by atoms with E-state index in [4.69, 9.17) is 10.6 Å². The Kier molecular flexibility index (Phi) is 3.93. The summed E-state index contributed by atoms with van der Waals surface area (Å²) in [5.74, 6) is 7.90. The molecule has 0 unspecified atom stereocenters. The van der Waals surface area contributed by atoms with Crippen LogP contribution in [-0.4, -0.2) is 16.6 Å². The van der Waals surface area contributed by atoms with Crippen molar-refractivity contribution in [2.75, 3.05) is 12.0 Å². The quantitative estimate of drug-likeness (QED) is 0.326. The van der Waals surface area contributed by atoms with E-state index in [2.05, 4.69) is 22.0 Å². The molecule has 0 spiro atoms. The molecule has 5 heteroatoms. The van der Waals surface area contributed by atoms with Crippen LogP contribution in [-0.2, 0) is 0 Å². The molecule has 17 heavy (non-hydrogen) atoms. The number of unbranched alkanes of at least 4 members (excludes halogenated alkanes) is 1. The van der Waals surface area contributed by atoms with Crippen molar-refractivity contribution in [3.05, 3.63) is 24.5 Å². The summed E-state index contributed by atoms with van der Waals surface area (Å²) in [4.78, 5) is 8.70. The van der Waals surface area contributed by atoms with E-state index in [1.807, 2.05) is 6.08 Å². The number of nitrogens with two attached hydrogens (primary N) is 1. The average molecular weight is 234 g/mol. The van der Waals surface area contributed by atoms with E-state index in [1.165, 1.54) is 0 Å².